The van der Waals surface area contributed by atoms with E-state index in [1.54, 1.807) is 45.0 Å². The van der Waals surface area contributed by atoms with Crippen molar-refractivity contribution >= 4 is 23.9 Å². The van der Waals surface area contributed by atoms with Gasteiger partial charge in [0.2, 0.25) is 5.91 Å². The zero-order chi connectivity index (χ0) is 25.8. The Hall–Kier alpha value is -3.31. The van der Waals surface area contributed by atoms with Crippen LogP contribution in [0.1, 0.15) is 63.4 Å². The monoisotopic (exact) mass is 491 g/mol. The van der Waals surface area contributed by atoms with Gasteiger partial charge in [-0.2, -0.15) is 5.10 Å². The van der Waals surface area contributed by atoms with Crippen molar-refractivity contribution in [2.45, 2.75) is 70.6 Å². The average Bonchev–Trinajstić information content (AvgIpc) is 3.34. The van der Waals surface area contributed by atoms with Gasteiger partial charge in [-0.1, -0.05) is 0 Å². The van der Waals surface area contributed by atoms with E-state index in [2.05, 4.69) is 21.0 Å². The summed E-state index contributed by atoms with van der Waals surface area (Å²) in [6, 6.07) is 0.332. The number of nitrogens with zero attached hydrogens (tertiary/aromatic N) is 3. The highest BCUT2D eigenvalue weighted by molar-refractivity contribution is 5.92. The minimum Gasteiger partial charge on any atom is -0.444 e. The fraction of sp³-hybridized carbons (Fsp3) is 0.696. The summed E-state index contributed by atoms with van der Waals surface area (Å²) < 4.78 is 6.87. The second-order valence-electron chi connectivity index (χ2n) is 10.6. The first kappa shape index (κ1) is 26.3. The summed E-state index contributed by atoms with van der Waals surface area (Å²) in [5.41, 5.74) is 4.90. The number of urea groups is 1. The van der Waals surface area contributed by atoms with Crippen LogP contribution in [0.4, 0.5) is 9.59 Å². The Morgan fingerprint density at radius 1 is 1.29 bits per heavy atom. The van der Waals surface area contributed by atoms with E-state index in [-0.39, 0.29) is 23.3 Å². The number of carbonyl (C=O) groups excluding carboxylic acids is 4. The average molecular weight is 492 g/mol. The number of carbonyl (C=O) groups is 4. The van der Waals surface area contributed by atoms with Gasteiger partial charge in [0, 0.05) is 38.9 Å². The Labute approximate surface area is 205 Å². The predicted molar refractivity (Wildman–Crippen MR) is 127 cm³/mol. The van der Waals surface area contributed by atoms with E-state index < -0.39 is 23.8 Å². The first-order chi connectivity index (χ1) is 16.4. The molecule has 2 heterocycles. The van der Waals surface area contributed by atoms with Crippen molar-refractivity contribution in [1.82, 2.24) is 30.6 Å². The third-order valence-electron chi connectivity index (χ3n) is 6.46. The van der Waals surface area contributed by atoms with E-state index in [0.717, 1.165) is 19.3 Å². The molecular formula is C23H37N7O5. The van der Waals surface area contributed by atoms with Gasteiger partial charge in [-0.3, -0.25) is 14.3 Å². The van der Waals surface area contributed by atoms with Crippen LogP contribution in [0.25, 0.3) is 0 Å². The number of rotatable bonds is 8. The first-order valence-corrected chi connectivity index (χ1v) is 12.0. The maximum absolute atomic E-state index is 13.3. The third-order valence-corrected chi connectivity index (χ3v) is 6.46. The van der Waals surface area contributed by atoms with Crippen LogP contribution in [0.3, 0.4) is 0 Å². The molecule has 0 bridgehead atoms. The molecule has 3 rings (SSSR count). The van der Waals surface area contributed by atoms with Crippen LogP contribution in [0.15, 0.2) is 12.3 Å². The predicted octanol–water partition coefficient (Wildman–Crippen LogP) is 0.873. The van der Waals surface area contributed by atoms with Crippen molar-refractivity contribution in [2.75, 3.05) is 19.6 Å². The van der Waals surface area contributed by atoms with Crippen LogP contribution < -0.4 is 21.7 Å². The summed E-state index contributed by atoms with van der Waals surface area (Å²) in [4.78, 5) is 50.8. The van der Waals surface area contributed by atoms with Crippen LogP contribution in [0.2, 0.25) is 0 Å². The van der Waals surface area contributed by atoms with Gasteiger partial charge in [0.1, 0.15) is 17.3 Å². The van der Waals surface area contributed by atoms with E-state index in [0.29, 0.717) is 38.2 Å². The summed E-state index contributed by atoms with van der Waals surface area (Å²) in [6.45, 7) is 6.74. The van der Waals surface area contributed by atoms with Crippen LogP contribution in [0, 0.1) is 5.41 Å². The summed E-state index contributed by atoms with van der Waals surface area (Å²) in [5, 5.41) is 12.3. The van der Waals surface area contributed by atoms with Crippen molar-refractivity contribution in [1.29, 1.82) is 0 Å². The van der Waals surface area contributed by atoms with Crippen LogP contribution in [-0.4, -0.2) is 75.9 Å². The topological polar surface area (TPSA) is 161 Å². The molecule has 1 aromatic heterocycles. The lowest BCUT2D eigenvalue weighted by molar-refractivity contribution is -0.133. The highest BCUT2D eigenvalue weighted by Gasteiger charge is 2.50. The number of aryl methyl sites for hydroxylation is 1. The fourth-order valence-electron chi connectivity index (χ4n) is 4.85. The number of hydrogen-bond acceptors (Lipinski definition) is 6. The molecule has 1 atom stereocenters. The highest BCUT2D eigenvalue weighted by Crippen LogP contribution is 2.48. The molecule has 1 aliphatic heterocycles. The fourth-order valence-corrected chi connectivity index (χ4v) is 4.85. The molecule has 0 aromatic carbocycles. The van der Waals surface area contributed by atoms with Crippen molar-refractivity contribution in [3.8, 4) is 0 Å². The number of ether oxygens (including phenoxy) is 1. The van der Waals surface area contributed by atoms with Gasteiger partial charge in [0.25, 0.3) is 5.91 Å². The standard InChI is InChI=1S/C23H37N7O5/c1-22(2,3)35-21(34)28-16(6-5-9-25-20(24)33)19(32)30-11-8-23(14-30)12-15(13-23)27-18(31)17-7-10-26-29(17)4/h7,10,15-16H,5-6,8-9,11-14H2,1-4H3,(H,27,31)(H,28,34)(H3,24,25,33). The first-order valence-electron chi connectivity index (χ1n) is 12.0. The molecular weight excluding hydrogens is 454 g/mol. The second-order valence-corrected chi connectivity index (χ2v) is 10.6. The molecule has 1 saturated heterocycles. The van der Waals surface area contributed by atoms with Crippen molar-refractivity contribution in [3.63, 3.8) is 0 Å². The van der Waals surface area contributed by atoms with Gasteiger partial charge in [0.15, 0.2) is 0 Å². The quantitative estimate of drug-likeness (QED) is 0.395. The molecule has 1 spiro atoms. The molecule has 5 N–H and O–H groups in total. The van der Waals surface area contributed by atoms with E-state index in [9.17, 15) is 19.2 Å². The summed E-state index contributed by atoms with van der Waals surface area (Å²) in [5.74, 6) is -0.323. The Morgan fingerprint density at radius 2 is 2.00 bits per heavy atom. The van der Waals surface area contributed by atoms with Crippen molar-refractivity contribution in [2.24, 2.45) is 18.2 Å². The Bertz CT molecular complexity index is 948. The molecule has 35 heavy (non-hydrogen) atoms. The molecule has 2 fully saturated rings. The van der Waals surface area contributed by atoms with Crippen molar-refractivity contribution in [3.05, 3.63) is 18.0 Å². The number of likely N-dealkylation sites (tertiary alicyclic amines) is 1. The molecule has 194 valence electrons. The van der Waals surface area contributed by atoms with Crippen LogP contribution in [0.5, 0.6) is 0 Å². The maximum atomic E-state index is 13.3. The second kappa shape index (κ2) is 10.5. The summed E-state index contributed by atoms with van der Waals surface area (Å²) in [7, 11) is 1.73. The third kappa shape index (κ3) is 7.09. The van der Waals surface area contributed by atoms with Gasteiger partial charge in [-0.15, -0.1) is 0 Å². The smallest absolute Gasteiger partial charge is 0.408 e. The maximum Gasteiger partial charge on any atom is 0.408 e. The minimum atomic E-state index is -0.768. The zero-order valence-corrected chi connectivity index (χ0v) is 20.9. The molecule has 1 unspecified atom stereocenters. The minimum absolute atomic E-state index is 0.0238. The van der Waals surface area contributed by atoms with Crippen molar-refractivity contribution < 1.29 is 23.9 Å². The van der Waals surface area contributed by atoms with E-state index in [1.807, 2.05) is 0 Å². The lowest BCUT2D eigenvalue weighted by atomic mass is 9.65. The number of hydrogen-bond donors (Lipinski definition) is 4. The van der Waals surface area contributed by atoms with Crippen LogP contribution >= 0.6 is 0 Å². The molecule has 5 amide bonds. The molecule has 2 aliphatic rings. The number of nitrogens with one attached hydrogen (secondary N) is 3. The highest BCUT2D eigenvalue weighted by atomic mass is 16.6. The molecule has 1 saturated carbocycles. The Kier molecular flexibility index (Phi) is 7.91. The zero-order valence-electron chi connectivity index (χ0n) is 20.9. The number of amides is 5. The molecule has 12 nitrogen and oxygen atoms in total. The molecule has 12 heteroatoms. The Balaban J connectivity index is 1.54. The number of aromatic nitrogens is 2. The number of nitrogens with two attached hydrogens (primary N) is 1. The van der Waals surface area contributed by atoms with E-state index in [1.165, 1.54) is 4.68 Å². The van der Waals surface area contributed by atoms with Crippen LogP contribution in [-0.2, 0) is 16.6 Å². The Morgan fingerprint density at radius 3 is 2.60 bits per heavy atom. The molecule has 0 radical (unpaired) electrons. The van der Waals surface area contributed by atoms with E-state index in [4.69, 9.17) is 10.5 Å². The summed E-state index contributed by atoms with van der Waals surface area (Å²) in [6.07, 6.45) is 4.18. The van der Waals surface area contributed by atoms with Gasteiger partial charge in [-0.05, 0) is 64.4 Å². The van der Waals surface area contributed by atoms with Gasteiger partial charge >= 0.3 is 12.1 Å². The largest absolute Gasteiger partial charge is 0.444 e. The molecule has 1 aromatic rings. The van der Waals surface area contributed by atoms with Gasteiger partial charge < -0.3 is 31.3 Å². The lowest BCUT2D eigenvalue weighted by Crippen LogP contribution is -2.54. The normalized spacial score (nSPS) is 22.3. The SMILES string of the molecule is Cn1nccc1C(=O)NC1CC2(CCN(C(=O)C(CCCNC(N)=O)NC(=O)OC(C)(C)C)C2)C1. The number of primary amides is 1. The summed E-state index contributed by atoms with van der Waals surface area (Å²) >= 11 is 0. The van der Waals surface area contributed by atoms with Gasteiger partial charge in [0.05, 0.1) is 0 Å². The van der Waals surface area contributed by atoms with E-state index >= 15 is 0 Å². The van der Waals surface area contributed by atoms with Gasteiger partial charge in [-0.25, -0.2) is 9.59 Å². The molecule has 1 aliphatic carbocycles. The number of alkyl carbamates (subject to hydrolysis) is 1. The lowest BCUT2D eigenvalue weighted by Gasteiger charge is -2.45.